The van der Waals surface area contributed by atoms with Crippen LogP contribution in [0.15, 0.2) is 39.5 Å². The molecule has 5 atom stereocenters. The van der Waals surface area contributed by atoms with Crippen LogP contribution in [0.4, 0.5) is 0 Å². The van der Waals surface area contributed by atoms with Crippen LogP contribution in [0.3, 0.4) is 0 Å². The normalized spacial score (nSPS) is 22.9. The summed E-state index contributed by atoms with van der Waals surface area (Å²) in [4.78, 5) is 13.2. The molecule has 13 nitrogen and oxygen atoms in total. The molecule has 0 amide bonds. The van der Waals surface area contributed by atoms with Crippen LogP contribution < -0.4 is 10.2 Å². The number of aliphatic hydroxyl groups is 4. The van der Waals surface area contributed by atoms with E-state index in [2.05, 4.69) is 0 Å². The molecule has 4 rings (SSSR count). The number of aromatic hydroxyl groups is 4. The molecule has 0 bridgehead atoms. The molecule has 0 aliphatic carbocycles. The van der Waals surface area contributed by atoms with Gasteiger partial charge < -0.3 is 60.2 Å². The van der Waals surface area contributed by atoms with Gasteiger partial charge in [-0.2, -0.15) is 0 Å². The summed E-state index contributed by atoms with van der Waals surface area (Å²) in [7, 11) is 0. The highest BCUT2D eigenvalue weighted by Crippen LogP contribution is 2.39. The topological polar surface area (TPSA) is 242 Å². The van der Waals surface area contributed by atoms with Crippen molar-refractivity contribution in [2.24, 2.45) is 0 Å². The number of phenols is 4. The van der Waals surface area contributed by atoms with Crippen LogP contribution >= 0.6 is 0 Å². The van der Waals surface area contributed by atoms with Crippen molar-refractivity contribution in [1.29, 1.82) is 0 Å². The van der Waals surface area contributed by atoms with Crippen molar-refractivity contribution in [3.8, 4) is 40.1 Å². The predicted molar refractivity (Wildman–Crippen MR) is 113 cm³/mol. The van der Waals surface area contributed by atoms with Crippen LogP contribution in [0.5, 0.6) is 28.7 Å². The number of benzene rings is 2. The van der Waals surface area contributed by atoms with Gasteiger partial charge in [-0.1, -0.05) is 0 Å². The Balaban J connectivity index is 0.00000324. The van der Waals surface area contributed by atoms with E-state index in [0.717, 1.165) is 24.3 Å². The summed E-state index contributed by atoms with van der Waals surface area (Å²) in [5.74, 6) is -3.00. The van der Waals surface area contributed by atoms with Crippen LogP contribution in [-0.2, 0) is 4.74 Å². The Bertz CT molecular complexity index is 1250. The predicted octanol–water partition coefficient (Wildman–Crippen LogP) is -1.36. The van der Waals surface area contributed by atoms with Crippen molar-refractivity contribution in [3.05, 3.63) is 40.6 Å². The summed E-state index contributed by atoms with van der Waals surface area (Å²) < 4.78 is 16.5. The molecular weight excluding hydrogens is 460 g/mol. The highest BCUT2D eigenvalue weighted by atomic mass is 16.7. The zero-order valence-electron chi connectivity index (χ0n) is 17.2. The molecule has 2 heterocycles. The molecule has 1 aliphatic rings. The van der Waals surface area contributed by atoms with Crippen molar-refractivity contribution in [1.82, 2.24) is 0 Å². The maximum atomic E-state index is 13.2. The number of hydrogen-bond donors (Lipinski definition) is 8. The van der Waals surface area contributed by atoms with E-state index >= 15 is 0 Å². The number of hydrogen-bond acceptors (Lipinski definition) is 12. The molecule has 10 N–H and O–H groups in total. The summed E-state index contributed by atoms with van der Waals surface area (Å²) in [6, 6.07) is 5.38. The van der Waals surface area contributed by atoms with E-state index < -0.39 is 71.5 Å². The Hall–Kier alpha value is -3.59. The third kappa shape index (κ3) is 4.19. The van der Waals surface area contributed by atoms with Crippen LogP contribution in [0.1, 0.15) is 0 Å². The van der Waals surface area contributed by atoms with E-state index in [9.17, 15) is 40.5 Å². The lowest BCUT2D eigenvalue weighted by atomic mass is 10.1. The molecule has 184 valence electrons. The van der Waals surface area contributed by atoms with Crippen molar-refractivity contribution in [2.75, 3.05) is 6.61 Å². The fourth-order valence-electron chi connectivity index (χ4n) is 3.54. The van der Waals surface area contributed by atoms with Gasteiger partial charge in [0.15, 0.2) is 17.3 Å². The second-order valence-corrected chi connectivity index (χ2v) is 7.45. The lowest BCUT2D eigenvalue weighted by Crippen LogP contribution is -2.40. The fraction of sp³-hybridized carbons (Fsp3) is 0.286. The molecule has 0 saturated carbocycles. The van der Waals surface area contributed by atoms with Gasteiger partial charge in [-0.25, -0.2) is 0 Å². The zero-order valence-corrected chi connectivity index (χ0v) is 17.2. The minimum Gasteiger partial charge on any atom is -0.508 e. The Morgan fingerprint density at radius 3 is 2.32 bits per heavy atom. The van der Waals surface area contributed by atoms with Gasteiger partial charge in [-0.3, -0.25) is 4.79 Å². The molecule has 0 spiro atoms. The van der Waals surface area contributed by atoms with E-state index in [-0.39, 0.29) is 27.8 Å². The molecule has 0 unspecified atom stereocenters. The highest BCUT2D eigenvalue weighted by molar-refractivity contribution is 5.88. The number of rotatable bonds is 5. The summed E-state index contributed by atoms with van der Waals surface area (Å²) in [5, 5.41) is 78.3. The van der Waals surface area contributed by atoms with Crippen molar-refractivity contribution < 1.29 is 60.2 Å². The smallest absolute Gasteiger partial charge is 0.239 e. The maximum Gasteiger partial charge on any atom is 0.239 e. The van der Waals surface area contributed by atoms with E-state index in [1.165, 1.54) is 6.07 Å². The van der Waals surface area contributed by atoms with Gasteiger partial charge in [-0.15, -0.1) is 0 Å². The molecule has 1 saturated heterocycles. The molecule has 13 heteroatoms. The second-order valence-electron chi connectivity index (χ2n) is 7.45. The SMILES string of the molecule is O.O=c1c(O[C@@H]2O[C@H]([C@H](O)CO)[C@H](O)[C@H]2O)c(-c2ccc(O)c(O)c2)oc2cc(O)cc(O)c12. The minimum absolute atomic E-state index is 0. The largest absolute Gasteiger partial charge is 0.508 e. The summed E-state index contributed by atoms with van der Waals surface area (Å²) in [6.45, 7) is -0.783. The molecule has 3 aromatic rings. The number of fused-ring (bicyclic) bond motifs is 1. The Morgan fingerprint density at radius 1 is 0.971 bits per heavy atom. The Morgan fingerprint density at radius 2 is 1.68 bits per heavy atom. The van der Waals surface area contributed by atoms with Crippen molar-refractivity contribution >= 4 is 11.0 Å². The standard InChI is InChI=1S/C21H20O12.H2O/c22-6-12(27)19-16(29)17(30)21(32-19)33-20-15(28)14-11(26)4-8(23)5-13(14)31-18(20)7-1-2-9(24)10(25)3-7;/h1-5,12,16-17,19,21-27,29-30H,6H2;1H2/t12-,16-,17-,19-,21+;/m1./s1. The maximum absolute atomic E-state index is 13.2. The van der Waals surface area contributed by atoms with Crippen LogP contribution in [0.25, 0.3) is 22.3 Å². The van der Waals surface area contributed by atoms with Gasteiger partial charge in [0.2, 0.25) is 17.5 Å². The lowest BCUT2D eigenvalue weighted by Gasteiger charge is -2.19. The van der Waals surface area contributed by atoms with Gasteiger partial charge in [-0.05, 0) is 18.2 Å². The van der Waals surface area contributed by atoms with Crippen LogP contribution in [0.2, 0.25) is 0 Å². The monoisotopic (exact) mass is 482 g/mol. The minimum atomic E-state index is -1.75. The second kappa shape index (κ2) is 9.34. The molecule has 2 aromatic carbocycles. The Kier molecular flexibility index (Phi) is 6.88. The number of ether oxygens (including phenoxy) is 2. The summed E-state index contributed by atoms with van der Waals surface area (Å²) in [5.41, 5.74) is -1.16. The fourth-order valence-corrected chi connectivity index (χ4v) is 3.54. The molecule has 0 radical (unpaired) electrons. The summed E-state index contributed by atoms with van der Waals surface area (Å²) >= 11 is 0. The molecular formula is C21H22O13. The van der Waals surface area contributed by atoms with Gasteiger partial charge in [0.1, 0.15) is 46.9 Å². The van der Waals surface area contributed by atoms with Gasteiger partial charge in [0, 0.05) is 17.7 Å². The van der Waals surface area contributed by atoms with Crippen molar-refractivity contribution in [3.63, 3.8) is 0 Å². The molecule has 1 aromatic heterocycles. The number of aliphatic hydroxyl groups excluding tert-OH is 4. The van der Waals surface area contributed by atoms with Crippen molar-refractivity contribution in [2.45, 2.75) is 30.7 Å². The first-order valence-electron chi connectivity index (χ1n) is 9.64. The first kappa shape index (κ1) is 25.0. The van der Waals surface area contributed by atoms with Crippen LogP contribution in [0, 0.1) is 0 Å². The van der Waals surface area contributed by atoms with E-state index in [1.54, 1.807) is 0 Å². The molecule has 34 heavy (non-hydrogen) atoms. The first-order valence-corrected chi connectivity index (χ1v) is 9.64. The van der Waals surface area contributed by atoms with E-state index in [1.807, 2.05) is 0 Å². The van der Waals surface area contributed by atoms with E-state index in [0.29, 0.717) is 0 Å². The van der Waals surface area contributed by atoms with Gasteiger partial charge in [0.05, 0.1) is 6.61 Å². The molecule has 1 fully saturated rings. The lowest BCUT2D eigenvalue weighted by molar-refractivity contribution is -0.137. The average molecular weight is 482 g/mol. The number of phenolic OH excluding ortho intramolecular Hbond substituents is 4. The third-order valence-electron chi connectivity index (χ3n) is 5.21. The average Bonchev–Trinajstić information content (AvgIpc) is 3.04. The Labute approximate surface area is 189 Å². The summed E-state index contributed by atoms with van der Waals surface area (Å²) in [6.07, 6.45) is -8.11. The van der Waals surface area contributed by atoms with E-state index in [4.69, 9.17) is 19.0 Å². The highest BCUT2D eigenvalue weighted by Gasteiger charge is 2.47. The quantitative estimate of drug-likeness (QED) is 0.197. The van der Waals surface area contributed by atoms with Gasteiger partial charge >= 0.3 is 0 Å². The third-order valence-corrected chi connectivity index (χ3v) is 5.21. The molecule has 1 aliphatic heterocycles. The first-order chi connectivity index (χ1) is 15.6. The van der Waals surface area contributed by atoms with Gasteiger partial charge in [0.25, 0.3) is 0 Å². The van der Waals surface area contributed by atoms with Crippen LogP contribution in [-0.4, -0.2) is 83.6 Å². The zero-order chi connectivity index (χ0) is 24.0.